The van der Waals surface area contributed by atoms with Crippen LogP contribution < -0.4 is 5.32 Å². The number of rotatable bonds is 8. The Morgan fingerprint density at radius 2 is 2.20 bits per heavy atom. The Morgan fingerprint density at radius 3 is 2.85 bits per heavy atom. The van der Waals surface area contributed by atoms with Gasteiger partial charge in [0, 0.05) is 19.2 Å². The number of carbonyl (C=O) groups is 2. The Kier molecular flexibility index (Phi) is 6.69. The van der Waals surface area contributed by atoms with E-state index in [1.165, 1.54) is 22.9 Å². The molecule has 112 valence electrons. The molecule has 0 atom stereocenters. The fraction of sp³-hybridized carbons (Fsp3) is 0.538. The van der Waals surface area contributed by atoms with Crippen LogP contribution in [0.15, 0.2) is 18.3 Å². The van der Waals surface area contributed by atoms with Gasteiger partial charge in [0.25, 0.3) is 12.3 Å². The Hall–Kier alpha value is -1.92. The number of alkyl halides is 2. The zero-order valence-electron chi connectivity index (χ0n) is 11.3. The number of nitrogens with one attached hydrogen (secondary N) is 1. The van der Waals surface area contributed by atoms with Crippen LogP contribution in [0.5, 0.6) is 0 Å². The first-order chi connectivity index (χ1) is 9.54. The van der Waals surface area contributed by atoms with E-state index in [1.54, 1.807) is 6.92 Å². The predicted octanol–water partition coefficient (Wildman–Crippen LogP) is 1.83. The average Bonchev–Trinajstić information content (AvgIpc) is 2.82. The third-order valence-corrected chi connectivity index (χ3v) is 2.55. The van der Waals surface area contributed by atoms with Gasteiger partial charge in [0.15, 0.2) is 0 Å². The molecule has 1 amide bonds. The van der Waals surface area contributed by atoms with Crippen molar-refractivity contribution in [3.05, 3.63) is 24.0 Å². The third-order valence-electron chi connectivity index (χ3n) is 2.55. The summed E-state index contributed by atoms with van der Waals surface area (Å²) in [6.45, 7) is 1.82. The summed E-state index contributed by atoms with van der Waals surface area (Å²) >= 11 is 0. The quantitative estimate of drug-likeness (QED) is 0.586. The number of amides is 1. The van der Waals surface area contributed by atoms with E-state index in [1.807, 2.05) is 0 Å². The number of hydrogen-bond donors (Lipinski definition) is 1. The number of carbonyl (C=O) groups excluding carboxylic acids is 2. The summed E-state index contributed by atoms with van der Waals surface area (Å²) in [5.41, 5.74) is 0.182. The molecule has 0 aromatic carbocycles. The standard InChI is InChI=1S/C13H18F2N2O3/c1-2-20-12(18)6-3-7-16-13(19)10-5-4-8-17(10)9-11(14)15/h4-5,8,11H,2-3,6-7,9H2,1H3,(H,16,19). The summed E-state index contributed by atoms with van der Waals surface area (Å²) in [7, 11) is 0. The molecule has 0 aliphatic rings. The molecule has 1 aromatic heterocycles. The second kappa shape index (κ2) is 8.29. The second-order valence-corrected chi connectivity index (χ2v) is 4.10. The minimum Gasteiger partial charge on any atom is -0.466 e. The highest BCUT2D eigenvalue weighted by Gasteiger charge is 2.13. The van der Waals surface area contributed by atoms with E-state index in [0.29, 0.717) is 13.0 Å². The lowest BCUT2D eigenvalue weighted by Gasteiger charge is -2.09. The van der Waals surface area contributed by atoms with Gasteiger partial charge >= 0.3 is 5.97 Å². The lowest BCUT2D eigenvalue weighted by atomic mass is 10.3. The molecule has 0 spiro atoms. The van der Waals surface area contributed by atoms with Crippen LogP contribution in [0.25, 0.3) is 0 Å². The van der Waals surface area contributed by atoms with Crippen molar-refractivity contribution in [1.29, 1.82) is 0 Å². The van der Waals surface area contributed by atoms with Crippen molar-refractivity contribution in [2.75, 3.05) is 13.2 Å². The van der Waals surface area contributed by atoms with Gasteiger partial charge in [-0.05, 0) is 25.5 Å². The summed E-state index contributed by atoms with van der Waals surface area (Å²) in [6, 6.07) is 3.01. The van der Waals surface area contributed by atoms with Crippen molar-refractivity contribution in [3.8, 4) is 0 Å². The smallest absolute Gasteiger partial charge is 0.305 e. The summed E-state index contributed by atoms with van der Waals surface area (Å²) in [6.07, 6.45) is -0.427. The molecule has 5 nitrogen and oxygen atoms in total. The van der Waals surface area contributed by atoms with E-state index < -0.39 is 18.9 Å². The molecule has 7 heteroatoms. The van der Waals surface area contributed by atoms with Crippen LogP contribution in [0, 0.1) is 0 Å². The highest BCUT2D eigenvalue weighted by molar-refractivity contribution is 5.92. The highest BCUT2D eigenvalue weighted by Crippen LogP contribution is 2.06. The molecular weight excluding hydrogens is 270 g/mol. The van der Waals surface area contributed by atoms with Crippen LogP contribution in [-0.4, -0.2) is 36.0 Å². The Balaban J connectivity index is 2.36. The van der Waals surface area contributed by atoms with Crippen molar-refractivity contribution < 1.29 is 23.1 Å². The summed E-state index contributed by atoms with van der Waals surface area (Å²) in [5, 5.41) is 2.58. The van der Waals surface area contributed by atoms with Crippen molar-refractivity contribution in [2.24, 2.45) is 0 Å². The van der Waals surface area contributed by atoms with Gasteiger partial charge in [-0.3, -0.25) is 9.59 Å². The number of hydrogen-bond acceptors (Lipinski definition) is 3. The van der Waals surface area contributed by atoms with Gasteiger partial charge in [0.2, 0.25) is 0 Å². The van der Waals surface area contributed by atoms with Gasteiger partial charge in [0.1, 0.15) is 5.69 Å². The van der Waals surface area contributed by atoms with E-state index in [9.17, 15) is 18.4 Å². The molecule has 1 N–H and O–H groups in total. The normalized spacial score (nSPS) is 10.6. The van der Waals surface area contributed by atoms with Gasteiger partial charge < -0.3 is 14.6 Å². The molecule has 0 saturated heterocycles. The molecule has 0 radical (unpaired) electrons. The Bertz CT molecular complexity index is 447. The minimum atomic E-state index is -2.52. The molecule has 0 aliphatic heterocycles. The molecule has 1 rings (SSSR count). The lowest BCUT2D eigenvalue weighted by molar-refractivity contribution is -0.143. The minimum absolute atomic E-state index is 0.182. The summed E-state index contributed by atoms with van der Waals surface area (Å²) in [4.78, 5) is 22.9. The fourth-order valence-corrected chi connectivity index (χ4v) is 1.69. The van der Waals surface area contributed by atoms with Gasteiger partial charge in [-0.25, -0.2) is 8.78 Å². The largest absolute Gasteiger partial charge is 0.466 e. The first-order valence-electron chi connectivity index (χ1n) is 6.41. The second-order valence-electron chi connectivity index (χ2n) is 4.10. The maximum atomic E-state index is 12.3. The third kappa shape index (κ3) is 5.38. The maximum Gasteiger partial charge on any atom is 0.305 e. The number of aromatic nitrogens is 1. The molecule has 0 saturated carbocycles. The van der Waals surface area contributed by atoms with E-state index in [2.05, 4.69) is 5.32 Å². The van der Waals surface area contributed by atoms with Crippen LogP contribution in [0.2, 0.25) is 0 Å². The Labute approximate surface area is 115 Å². The van der Waals surface area contributed by atoms with E-state index >= 15 is 0 Å². The molecule has 0 aliphatic carbocycles. The lowest BCUT2D eigenvalue weighted by Crippen LogP contribution is -2.27. The predicted molar refractivity (Wildman–Crippen MR) is 68.6 cm³/mol. The molecule has 20 heavy (non-hydrogen) atoms. The average molecular weight is 288 g/mol. The van der Waals surface area contributed by atoms with Crippen LogP contribution in [0.3, 0.4) is 0 Å². The van der Waals surface area contributed by atoms with Crippen LogP contribution >= 0.6 is 0 Å². The maximum absolute atomic E-state index is 12.3. The van der Waals surface area contributed by atoms with E-state index in [-0.39, 0.29) is 24.6 Å². The first-order valence-corrected chi connectivity index (χ1v) is 6.41. The molecule has 0 bridgehead atoms. The topological polar surface area (TPSA) is 60.3 Å². The Morgan fingerprint density at radius 1 is 1.45 bits per heavy atom. The van der Waals surface area contributed by atoms with Gasteiger partial charge in [-0.15, -0.1) is 0 Å². The summed E-state index contributed by atoms with van der Waals surface area (Å²) in [5.74, 6) is -0.748. The monoisotopic (exact) mass is 288 g/mol. The van der Waals surface area contributed by atoms with Crippen LogP contribution in [0.4, 0.5) is 8.78 Å². The number of nitrogens with zero attached hydrogens (tertiary/aromatic N) is 1. The zero-order chi connectivity index (χ0) is 15.0. The van der Waals surface area contributed by atoms with Crippen molar-refractivity contribution in [2.45, 2.75) is 32.7 Å². The van der Waals surface area contributed by atoms with E-state index in [4.69, 9.17) is 4.74 Å². The van der Waals surface area contributed by atoms with Gasteiger partial charge in [0.05, 0.1) is 13.2 Å². The highest BCUT2D eigenvalue weighted by atomic mass is 19.3. The SMILES string of the molecule is CCOC(=O)CCCNC(=O)c1cccn1CC(F)F. The number of esters is 1. The first kappa shape index (κ1) is 16.1. The van der Waals surface area contributed by atoms with Crippen molar-refractivity contribution in [1.82, 2.24) is 9.88 Å². The molecule has 1 aromatic rings. The van der Waals surface area contributed by atoms with Crippen LogP contribution in [-0.2, 0) is 16.1 Å². The molecule has 0 fully saturated rings. The molecule has 0 unspecified atom stereocenters. The fourth-order valence-electron chi connectivity index (χ4n) is 1.69. The molecule has 1 heterocycles. The summed E-state index contributed by atoms with van der Waals surface area (Å²) < 4.78 is 30.6. The number of ether oxygens (including phenoxy) is 1. The van der Waals surface area contributed by atoms with Crippen molar-refractivity contribution in [3.63, 3.8) is 0 Å². The van der Waals surface area contributed by atoms with E-state index in [0.717, 1.165) is 0 Å². The zero-order valence-corrected chi connectivity index (χ0v) is 11.3. The molecular formula is C13H18F2N2O3. The van der Waals surface area contributed by atoms with Gasteiger partial charge in [-0.2, -0.15) is 0 Å². The van der Waals surface area contributed by atoms with Crippen molar-refractivity contribution >= 4 is 11.9 Å². The van der Waals surface area contributed by atoms with Crippen LogP contribution in [0.1, 0.15) is 30.3 Å². The number of halogens is 2. The van der Waals surface area contributed by atoms with Gasteiger partial charge in [-0.1, -0.05) is 0 Å².